The predicted octanol–water partition coefficient (Wildman–Crippen LogP) is 2.49. The number of benzene rings is 1. The van der Waals surface area contributed by atoms with Crippen molar-refractivity contribution in [3.63, 3.8) is 0 Å². The molecule has 1 aliphatic heterocycles. The minimum Gasteiger partial charge on any atom is -0.397 e. The van der Waals surface area contributed by atoms with Crippen LogP contribution in [0.25, 0.3) is 5.70 Å². The second-order valence-electron chi connectivity index (χ2n) is 6.58. The third kappa shape index (κ3) is 5.52. The fraction of sp³-hybridized carbons (Fsp3) is 0.316. The number of ether oxygens (including phenoxy) is 1. The van der Waals surface area contributed by atoms with Crippen LogP contribution in [-0.4, -0.2) is 56.7 Å². The molecule has 11 heteroatoms. The van der Waals surface area contributed by atoms with Crippen LogP contribution in [-0.2, 0) is 4.74 Å². The van der Waals surface area contributed by atoms with E-state index >= 15 is 0 Å². The molecule has 0 bridgehead atoms. The fourth-order valence-corrected chi connectivity index (χ4v) is 4.55. The molecule has 5 atom stereocenters. The van der Waals surface area contributed by atoms with Gasteiger partial charge < -0.3 is 31.1 Å². The molecule has 1 fully saturated rings. The Morgan fingerprint density at radius 3 is 2.60 bits per heavy atom. The summed E-state index contributed by atoms with van der Waals surface area (Å²) in [5.74, 6) is 0. The lowest BCUT2D eigenvalue weighted by molar-refractivity contribution is -0.164. The predicted molar refractivity (Wildman–Crippen MR) is 118 cm³/mol. The molecular weight excluding hydrogens is 473 g/mol. The summed E-state index contributed by atoms with van der Waals surface area (Å²) in [4.78, 5) is 4.67. The zero-order valence-corrected chi connectivity index (χ0v) is 18.5. The quantitative estimate of drug-likeness (QED) is 0.417. The van der Waals surface area contributed by atoms with Crippen molar-refractivity contribution in [2.45, 2.75) is 34.7 Å². The first-order valence-corrected chi connectivity index (χ1v) is 10.9. The first kappa shape index (κ1) is 23.4. The molecule has 3 rings (SSSR count). The Bertz CT molecular complexity index is 920. The van der Waals surface area contributed by atoms with E-state index in [-0.39, 0.29) is 0 Å². The van der Waals surface area contributed by atoms with E-state index in [1.807, 2.05) is 0 Å². The second kappa shape index (κ2) is 10.4. The highest BCUT2D eigenvalue weighted by Gasteiger charge is 2.44. The molecule has 0 amide bonds. The van der Waals surface area contributed by atoms with Crippen LogP contribution in [0.3, 0.4) is 0 Å². The molecule has 2 heterocycles. The van der Waals surface area contributed by atoms with Crippen molar-refractivity contribution in [1.82, 2.24) is 10.3 Å². The molecule has 1 aromatic carbocycles. The first-order chi connectivity index (χ1) is 14.3. The van der Waals surface area contributed by atoms with Crippen molar-refractivity contribution in [2.75, 3.05) is 6.61 Å². The molecule has 0 spiro atoms. The molecule has 0 aliphatic carbocycles. The molecule has 30 heavy (non-hydrogen) atoms. The number of hydrogen-bond acceptors (Lipinski definition) is 8. The molecule has 0 saturated carbocycles. The Hall–Kier alpha value is -1.23. The number of halogens is 3. The van der Waals surface area contributed by atoms with Crippen molar-refractivity contribution < 1.29 is 20.1 Å². The largest absolute Gasteiger partial charge is 0.397 e. The third-order valence-electron chi connectivity index (χ3n) is 4.50. The Balaban J connectivity index is 1.77. The summed E-state index contributed by atoms with van der Waals surface area (Å²) in [5.41, 5.74) is 6.24. The summed E-state index contributed by atoms with van der Waals surface area (Å²) in [6, 6.07) is 5.74. The summed E-state index contributed by atoms with van der Waals surface area (Å²) < 4.78 is 5.67. The zero-order chi connectivity index (χ0) is 21.8. The van der Waals surface area contributed by atoms with Gasteiger partial charge in [-0.2, -0.15) is 0 Å². The molecular formula is C19H20Cl3N3O4S. The highest BCUT2D eigenvalue weighted by Crippen LogP contribution is 2.34. The minimum atomic E-state index is -1.18. The molecule has 0 radical (unpaired) electrons. The molecule has 1 aliphatic rings. The van der Waals surface area contributed by atoms with E-state index in [0.29, 0.717) is 31.2 Å². The van der Waals surface area contributed by atoms with Crippen LogP contribution < -0.4 is 11.1 Å². The topological polar surface area (TPSA) is 121 Å². The van der Waals surface area contributed by atoms with Gasteiger partial charge in [0, 0.05) is 29.1 Å². The maximum absolute atomic E-state index is 10.8. The number of nitrogens with one attached hydrogen (secondary N) is 1. The Morgan fingerprint density at radius 2 is 1.93 bits per heavy atom. The average Bonchev–Trinajstić information content (AvgIpc) is 2.72. The fourth-order valence-electron chi connectivity index (χ4n) is 2.92. The molecule has 6 N–H and O–H groups in total. The molecule has 1 aromatic heterocycles. The van der Waals surface area contributed by atoms with Crippen LogP contribution in [0.4, 0.5) is 0 Å². The average molecular weight is 493 g/mol. The Kier molecular flexibility index (Phi) is 8.11. The third-order valence-corrected chi connectivity index (χ3v) is 6.56. The van der Waals surface area contributed by atoms with Crippen LogP contribution in [0.1, 0.15) is 5.56 Å². The van der Waals surface area contributed by atoms with Gasteiger partial charge in [0.1, 0.15) is 23.7 Å². The number of thioether (sulfide) groups is 1. The van der Waals surface area contributed by atoms with E-state index < -0.39 is 36.4 Å². The highest BCUT2D eigenvalue weighted by atomic mass is 35.5. The smallest absolute Gasteiger partial charge is 0.136 e. The van der Waals surface area contributed by atoms with E-state index in [9.17, 15) is 15.3 Å². The molecule has 7 nitrogen and oxygen atoms in total. The van der Waals surface area contributed by atoms with Crippen molar-refractivity contribution in [1.29, 1.82) is 0 Å². The van der Waals surface area contributed by atoms with Crippen molar-refractivity contribution in [3.05, 3.63) is 63.5 Å². The summed E-state index contributed by atoms with van der Waals surface area (Å²) in [5, 5.41) is 35.1. The number of nitrogens with zero attached hydrogens (tertiary/aromatic N) is 1. The summed E-state index contributed by atoms with van der Waals surface area (Å²) >= 11 is 19.1. The van der Waals surface area contributed by atoms with E-state index in [2.05, 4.69) is 10.3 Å². The number of aliphatic hydroxyl groups is 3. The van der Waals surface area contributed by atoms with Crippen molar-refractivity contribution in [3.8, 4) is 0 Å². The summed E-state index contributed by atoms with van der Waals surface area (Å²) in [6.07, 6.45) is 1.30. The minimum absolute atomic E-state index is 0.322. The van der Waals surface area contributed by atoms with Crippen LogP contribution in [0.2, 0.25) is 15.1 Å². The van der Waals surface area contributed by atoms with Gasteiger partial charge in [0.25, 0.3) is 0 Å². The number of hydrogen-bond donors (Lipinski definition) is 5. The Morgan fingerprint density at radius 1 is 1.17 bits per heavy atom. The number of rotatable bonds is 6. The molecule has 1 saturated heterocycles. The lowest BCUT2D eigenvalue weighted by Crippen LogP contribution is -2.62. The zero-order valence-electron chi connectivity index (χ0n) is 15.5. The van der Waals surface area contributed by atoms with Gasteiger partial charge in [0.2, 0.25) is 0 Å². The number of aromatic nitrogens is 1. The van der Waals surface area contributed by atoms with Gasteiger partial charge in [-0.25, -0.2) is 0 Å². The molecule has 5 unspecified atom stereocenters. The monoisotopic (exact) mass is 491 g/mol. The van der Waals surface area contributed by atoms with Crippen LogP contribution in [0.5, 0.6) is 0 Å². The summed E-state index contributed by atoms with van der Waals surface area (Å²) in [7, 11) is 0. The van der Waals surface area contributed by atoms with Crippen LogP contribution >= 0.6 is 46.6 Å². The van der Waals surface area contributed by atoms with E-state index in [0.717, 1.165) is 0 Å². The van der Waals surface area contributed by atoms with Gasteiger partial charge in [0.05, 0.1) is 33.4 Å². The van der Waals surface area contributed by atoms with E-state index in [1.165, 1.54) is 24.2 Å². The van der Waals surface area contributed by atoms with Crippen LogP contribution in [0.15, 0.2) is 47.8 Å². The lowest BCUT2D eigenvalue weighted by atomic mass is 9.97. The highest BCUT2D eigenvalue weighted by molar-refractivity contribution is 7.99. The Labute approximate surface area is 192 Å². The lowest BCUT2D eigenvalue weighted by Gasteiger charge is -2.42. The number of nitrogens with two attached hydrogens (primary N) is 1. The van der Waals surface area contributed by atoms with Crippen molar-refractivity contribution in [2.24, 2.45) is 5.73 Å². The standard InChI is InChI=1S/C19H20Cl3N3O4S/c20-10-4-11(6-24-5-10)30-19-18(28)16(17(27)15(8-26)29-19)25-7-14(23)9-1-2-12(21)13(22)3-9/h1-7,15-19,25-28H,8,23H2/b14-7-. The van der Waals surface area contributed by atoms with Gasteiger partial charge >= 0.3 is 0 Å². The summed E-state index contributed by atoms with van der Waals surface area (Å²) in [6.45, 7) is -0.428. The van der Waals surface area contributed by atoms with Gasteiger partial charge in [0.15, 0.2) is 0 Å². The van der Waals surface area contributed by atoms with E-state index in [1.54, 1.807) is 30.5 Å². The normalized spacial score (nSPS) is 27.1. The maximum atomic E-state index is 10.8. The van der Waals surface area contributed by atoms with Crippen LogP contribution in [0, 0.1) is 0 Å². The molecule has 162 valence electrons. The van der Waals surface area contributed by atoms with Gasteiger partial charge in [-0.15, -0.1) is 0 Å². The number of pyridine rings is 1. The van der Waals surface area contributed by atoms with Gasteiger partial charge in [-0.1, -0.05) is 52.6 Å². The maximum Gasteiger partial charge on any atom is 0.136 e. The second-order valence-corrected chi connectivity index (χ2v) is 9.01. The van der Waals surface area contributed by atoms with Gasteiger partial charge in [-0.3, -0.25) is 4.98 Å². The van der Waals surface area contributed by atoms with E-state index in [4.69, 9.17) is 45.3 Å². The van der Waals surface area contributed by atoms with Crippen molar-refractivity contribution >= 4 is 52.3 Å². The number of aliphatic hydroxyl groups excluding tert-OH is 3. The molecule has 2 aromatic rings. The SMILES string of the molecule is N/C(=C\NC1C(O)C(CO)OC(Sc2cncc(Cl)c2)C1O)c1ccc(Cl)c(Cl)c1. The van der Waals surface area contributed by atoms with Gasteiger partial charge in [-0.05, 0) is 18.2 Å². The first-order valence-electron chi connectivity index (χ1n) is 8.87.